The number of carbonyl (C=O) groups is 2. The Morgan fingerprint density at radius 3 is 2.62 bits per heavy atom. The molecule has 0 saturated carbocycles. The van der Waals surface area contributed by atoms with Crippen LogP contribution < -0.4 is 10.1 Å². The molecule has 2 aromatic carbocycles. The van der Waals surface area contributed by atoms with Crippen LogP contribution in [0.3, 0.4) is 0 Å². The van der Waals surface area contributed by atoms with Crippen molar-refractivity contribution >= 4 is 33.5 Å². The van der Waals surface area contributed by atoms with Gasteiger partial charge >= 0.3 is 5.97 Å². The number of hydrogen-bond donors (Lipinski definition) is 2. The third-order valence-corrected chi connectivity index (χ3v) is 3.29. The minimum atomic E-state index is -1.04. The zero-order valence-corrected chi connectivity index (χ0v) is 12.5. The number of rotatable bonds is 5. The second kappa shape index (κ2) is 6.90. The average Bonchev–Trinajstić information content (AvgIpc) is 2.48. The molecule has 0 heterocycles. The Bertz CT molecular complexity index is 672. The Hall–Kier alpha value is -2.34. The highest BCUT2D eigenvalue weighted by Gasteiger charge is 2.08. The molecular formula is C15H12BrNO4. The van der Waals surface area contributed by atoms with E-state index in [1.165, 1.54) is 12.1 Å². The maximum atomic E-state index is 11.8. The lowest BCUT2D eigenvalue weighted by Crippen LogP contribution is -2.20. The number of anilines is 1. The van der Waals surface area contributed by atoms with Crippen LogP contribution in [0.2, 0.25) is 0 Å². The second-order valence-electron chi connectivity index (χ2n) is 4.15. The third-order valence-electron chi connectivity index (χ3n) is 2.60. The summed E-state index contributed by atoms with van der Waals surface area (Å²) < 4.78 is 6.05. The van der Waals surface area contributed by atoms with Crippen molar-refractivity contribution in [2.75, 3.05) is 11.9 Å². The van der Waals surface area contributed by atoms with Crippen LogP contribution >= 0.6 is 15.9 Å². The van der Waals surface area contributed by atoms with Crippen molar-refractivity contribution in [3.05, 3.63) is 58.6 Å². The number of hydrogen-bond acceptors (Lipinski definition) is 3. The zero-order valence-electron chi connectivity index (χ0n) is 10.9. The van der Waals surface area contributed by atoms with Gasteiger partial charge in [-0.15, -0.1) is 0 Å². The van der Waals surface area contributed by atoms with Crippen molar-refractivity contribution in [2.45, 2.75) is 0 Å². The van der Waals surface area contributed by atoms with Crippen molar-refractivity contribution in [3.8, 4) is 5.75 Å². The molecule has 0 aromatic heterocycles. The molecule has 6 heteroatoms. The van der Waals surface area contributed by atoms with E-state index in [9.17, 15) is 9.59 Å². The van der Waals surface area contributed by atoms with Crippen LogP contribution in [-0.4, -0.2) is 23.6 Å². The first-order chi connectivity index (χ1) is 10.1. The van der Waals surface area contributed by atoms with E-state index in [0.717, 1.165) is 4.47 Å². The molecule has 5 nitrogen and oxygen atoms in total. The van der Waals surface area contributed by atoms with Crippen molar-refractivity contribution in [1.29, 1.82) is 0 Å². The fourth-order valence-corrected chi connectivity index (χ4v) is 2.00. The molecule has 0 aliphatic heterocycles. The lowest BCUT2D eigenvalue weighted by molar-refractivity contribution is -0.118. The van der Waals surface area contributed by atoms with Gasteiger partial charge in [0, 0.05) is 4.47 Å². The molecule has 0 spiro atoms. The molecule has 1 amide bonds. The molecule has 0 saturated heterocycles. The summed E-state index contributed by atoms with van der Waals surface area (Å²) in [6.45, 7) is -0.204. The Balaban J connectivity index is 1.94. The number of ether oxygens (including phenoxy) is 1. The molecule has 0 fully saturated rings. The zero-order chi connectivity index (χ0) is 15.2. The average molecular weight is 350 g/mol. The summed E-state index contributed by atoms with van der Waals surface area (Å²) >= 11 is 3.33. The molecule has 2 N–H and O–H groups in total. The van der Waals surface area contributed by atoms with Crippen LogP contribution in [0.25, 0.3) is 0 Å². The Morgan fingerprint density at radius 2 is 1.90 bits per heavy atom. The number of carboxylic acid groups (broad SMARTS) is 1. The number of halogens is 1. The van der Waals surface area contributed by atoms with Gasteiger partial charge in [0.1, 0.15) is 5.75 Å². The lowest BCUT2D eigenvalue weighted by Gasteiger charge is -2.09. The van der Waals surface area contributed by atoms with Gasteiger partial charge in [-0.2, -0.15) is 0 Å². The van der Waals surface area contributed by atoms with E-state index in [-0.39, 0.29) is 18.1 Å². The maximum absolute atomic E-state index is 11.8. The van der Waals surface area contributed by atoms with Crippen molar-refractivity contribution < 1.29 is 19.4 Å². The van der Waals surface area contributed by atoms with Crippen LogP contribution in [0.15, 0.2) is 53.0 Å². The predicted octanol–water partition coefficient (Wildman–Crippen LogP) is 3.16. The van der Waals surface area contributed by atoms with Crippen molar-refractivity contribution in [2.24, 2.45) is 0 Å². The summed E-state index contributed by atoms with van der Waals surface area (Å²) in [7, 11) is 0. The van der Waals surface area contributed by atoms with Gasteiger partial charge in [-0.3, -0.25) is 4.79 Å². The van der Waals surface area contributed by atoms with Crippen LogP contribution in [0, 0.1) is 0 Å². The summed E-state index contributed by atoms with van der Waals surface area (Å²) in [6, 6.07) is 13.2. The summed E-state index contributed by atoms with van der Waals surface area (Å²) in [4.78, 5) is 22.6. The van der Waals surface area contributed by atoms with E-state index < -0.39 is 5.97 Å². The fraction of sp³-hybridized carbons (Fsp3) is 0.0667. The summed E-state index contributed by atoms with van der Waals surface area (Å²) in [5.41, 5.74) is 0.754. The summed E-state index contributed by atoms with van der Waals surface area (Å²) in [5.74, 6) is -1.04. The second-order valence-corrected chi connectivity index (χ2v) is 5.00. The number of carbonyl (C=O) groups excluding carboxylic acids is 1. The topological polar surface area (TPSA) is 75.6 Å². The first-order valence-electron chi connectivity index (χ1n) is 6.07. The minimum Gasteiger partial charge on any atom is -0.484 e. The highest BCUT2D eigenvalue weighted by atomic mass is 79.9. The molecule has 21 heavy (non-hydrogen) atoms. The number of amides is 1. The molecule has 0 bridgehead atoms. The van der Waals surface area contributed by atoms with Crippen molar-refractivity contribution in [3.63, 3.8) is 0 Å². The van der Waals surface area contributed by atoms with E-state index in [4.69, 9.17) is 9.84 Å². The third kappa shape index (κ3) is 4.32. The normalized spacial score (nSPS) is 9.95. The maximum Gasteiger partial charge on any atom is 0.335 e. The predicted molar refractivity (Wildman–Crippen MR) is 81.7 cm³/mol. The number of carboxylic acids is 1. The van der Waals surface area contributed by atoms with Crippen LogP contribution in [0.5, 0.6) is 5.75 Å². The number of nitrogens with one attached hydrogen (secondary N) is 1. The molecule has 0 aliphatic rings. The summed E-state index contributed by atoms with van der Waals surface area (Å²) in [6.07, 6.45) is 0. The van der Waals surface area contributed by atoms with Gasteiger partial charge < -0.3 is 15.2 Å². The van der Waals surface area contributed by atoms with Gasteiger partial charge in [0.15, 0.2) is 6.61 Å². The van der Waals surface area contributed by atoms with Gasteiger partial charge in [-0.1, -0.05) is 18.2 Å². The molecular weight excluding hydrogens is 338 g/mol. The molecule has 0 unspecified atom stereocenters. The van der Waals surface area contributed by atoms with E-state index >= 15 is 0 Å². The highest BCUT2D eigenvalue weighted by molar-refractivity contribution is 9.10. The number of benzene rings is 2. The fourth-order valence-electron chi connectivity index (χ4n) is 1.62. The van der Waals surface area contributed by atoms with Gasteiger partial charge in [-0.25, -0.2) is 4.79 Å². The van der Waals surface area contributed by atoms with Gasteiger partial charge in [0.25, 0.3) is 5.91 Å². The molecule has 2 rings (SSSR count). The molecule has 2 aromatic rings. The molecule has 0 atom stereocenters. The molecule has 0 aliphatic carbocycles. The Kier molecular flexibility index (Phi) is 4.94. The number of aromatic carboxylic acids is 1. The van der Waals surface area contributed by atoms with Crippen LogP contribution in [-0.2, 0) is 4.79 Å². The summed E-state index contributed by atoms with van der Waals surface area (Å²) in [5, 5.41) is 11.6. The SMILES string of the molecule is O=C(COc1cccc(C(=O)O)c1)Nc1ccccc1Br. The van der Waals surface area contributed by atoms with Crippen molar-refractivity contribution in [1.82, 2.24) is 0 Å². The highest BCUT2D eigenvalue weighted by Crippen LogP contribution is 2.21. The quantitative estimate of drug-likeness (QED) is 0.869. The first-order valence-corrected chi connectivity index (χ1v) is 6.86. The Morgan fingerprint density at radius 1 is 1.14 bits per heavy atom. The van der Waals surface area contributed by atoms with Gasteiger partial charge in [0.05, 0.1) is 11.3 Å². The minimum absolute atomic E-state index is 0.110. The monoisotopic (exact) mass is 349 g/mol. The van der Waals surface area contributed by atoms with E-state index in [2.05, 4.69) is 21.2 Å². The van der Waals surface area contributed by atoms with Crippen LogP contribution in [0.1, 0.15) is 10.4 Å². The van der Waals surface area contributed by atoms with E-state index in [0.29, 0.717) is 11.4 Å². The van der Waals surface area contributed by atoms with Gasteiger partial charge in [0.2, 0.25) is 0 Å². The van der Waals surface area contributed by atoms with Crippen LogP contribution in [0.4, 0.5) is 5.69 Å². The van der Waals surface area contributed by atoms with E-state index in [1.807, 2.05) is 12.1 Å². The largest absolute Gasteiger partial charge is 0.484 e. The standard InChI is InChI=1S/C15H12BrNO4/c16-12-6-1-2-7-13(12)17-14(18)9-21-11-5-3-4-10(8-11)15(19)20/h1-8H,9H2,(H,17,18)(H,19,20). The molecule has 0 radical (unpaired) electrons. The van der Waals surface area contributed by atoms with Gasteiger partial charge in [-0.05, 0) is 46.3 Å². The van der Waals surface area contributed by atoms with E-state index in [1.54, 1.807) is 24.3 Å². The Labute approximate surface area is 129 Å². The first kappa shape index (κ1) is 15.1. The number of para-hydroxylation sites is 1. The lowest BCUT2D eigenvalue weighted by atomic mass is 10.2. The smallest absolute Gasteiger partial charge is 0.335 e. The molecule has 108 valence electrons.